The zero-order valence-electron chi connectivity index (χ0n) is 9.09. The fraction of sp³-hybridized carbons (Fsp3) is 0.778. The number of amides is 2. The molecule has 4 N–H and O–H groups in total. The molecule has 0 radical (unpaired) electrons. The summed E-state index contributed by atoms with van der Waals surface area (Å²) < 4.78 is 0. The number of carbonyl (C=O) groups is 2. The fourth-order valence-electron chi connectivity index (χ4n) is 1.43. The van der Waals surface area contributed by atoms with Crippen molar-refractivity contribution in [3.63, 3.8) is 0 Å². The number of piperazine rings is 1. The summed E-state index contributed by atoms with van der Waals surface area (Å²) in [5, 5.41) is 11.3. The zero-order valence-corrected chi connectivity index (χ0v) is 9.09. The highest BCUT2D eigenvalue weighted by Crippen LogP contribution is 1.90. The smallest absolute Gasteiger partial charge is 0.242 e. The second kappa shape index (κ2) is 5.67. The molecule has 1 aliphatic heterocycles. The van der Waals surface area contributed by atoms with Crippen LogP contribution in [0.1, 0.15) is 6.92 Å². The normalized spacial score (nSPS) is 22.9. The van der Waals surface area contributed by atoms with Gasteiger partial charge in [0, 0.05) is 26.7 Å². The lowest BCUT2D eigenvalue weighted by Crippen LogP contribution is -2.58. The summed E-state index contributed by atoms with van der Waals surface area (Å²) in [5.74, 6) is -0.328. The average molecular weight is 214 g/mol. The van der Waals surface area contributed by atoms with Crippen molar-refractivity contribution < 1.29 is 9.59 Å². The summed E-state index contributed by atoms with van der Waals surface area (Å²) in [5.41, 5.74) is 0. The van der Waals surface area contributed by atoms with Crippen LogP contribution in [0.4, 0.5) is 0 Å². The lowest BCUT2D eigenvalue weighted by atomic mass is 10.2. The predicted octanol–water partition coefficient (Wildman–Crippen LogP) is -2.20. The largest absolute Gasteiger partial charge is 0.357 e. The molecule has 0 aromatic rings. The van der Waals surface area contributed by atoms with Gasteiger partial charge in [-0.15, -0.1) is 0 Å². The lowest BCUT2D eigenvalue weighted by molar-refractivity contribution is -0.129. The summed E-state index contributed by atoms with van der Waals surface area (Å²) in [6.07, 6.45) is 0. The molecule has 1 rings (SSSR count). The van der Waals surface area contributed by atoms with Crippen molar-refractivity contribution in [2.24, 2.45) is 0 Å². The Hall–Kier alpha value is -1.14. The maximum Gasteiger partial charge on any atom is 0.242 e. The van der Waals surface area contributed by atoms with Gasteiger partial charge in [0.15, 0.2) is 0 Å². The highest BCUT2D eigenvalue weighted by Gasteiger charge is 2.23. The monoisotopic (exact) mass is 214 g/mol. The van der Waals surface area contributed by atoms with Crippen molar-refractivity contribution >= 4 is 11.8 Å². The number of likely N-dealkylation sites (N-methyl/N-ethyl adjacent to an activating group) is 1. The van der Waals surface area contributed by atoms with E-state index in [9.17, 15) is 9.59 Å². The fourth-order valence-corrected chi connectivity index (χ4v) is 1.43. The minimum absolute atomic E-state index is 0.140. The summed E-state index contributed by atoms with van der Waals surface area (Å²) in [4.78, 5) is 22.8. The SMILES string of the molecule is CNC(=O)[C@@H](C)NC(=O)C1CNCCN1. The van der Waals surface area contributed by atoms with Crippen molar-refractivity contribution in [1.82, 2.24) is 21.3 Å². The van der Waals surface area contributed by atoms with Gasteiger partial charge in [0.05, 0.1) is 6.04 Å². The second-order valence-corrected chi connectivity index (χ2v) is 3.56. The van der Waals surface area contributed by atoms with Crippen LogP contribution in [0.3, 0.4) is 0 Å². The van der Waals surface area contributed by atoms with Crippen LogP contribution in [0.5, 0.6) is 0 Å². The second-order valence-electron chi connectivity index (χ2n) is 3.56. The third-order valence-corrected chi connectivity index (χ3v) is 2.36. The summed E-state index contributed by atoms with van der Waals surface area (Å²) in [6, 6.07) is -0.739. The molecule has 1 saturated heterocycles. The van der Waals surface area contributed by atoms with Crippen LogP contribution in [0, 0.1) is 0 Å². The molecule has 1 fully saturated rings. The highest BCUT2D eigenvalue weighted by molar-refractivity contribution is 5.89. The molecule has 0 aliphatic carbocycles. The maximum atomic E-state index is 11.6. The molecule has 1 unspecified atom stereocenters. The minimum atomic E-state index is -0.494. The first-order valence-corrected chi connectivity index (χ1v) is 5.11. The summed E-state index contributed by atoms with van der Waals surface area (Å²) >= 11 is 0. The van der Waals surface area contributed by atoms with Crippen LogP contribution in [0.2, 0.25) is 0 Å². The Morgan fingerprint density at radius 3 is 2.67 bits per heavy atom. The van der Waals surface area contributed by atoms with Crippen LogP contribution in [-0.2, 0) is 9.59 Å². The number of carbonyl (C=O) groups excluding carboxylic acids is 2. The minimum Gasteiger partial charge on any atom is -0.357 e. The molecule has 1 heterocycles. The first kappa shape index (κ1) is 11.9. The maximum absolute atomic E-state index is 11.6. The average Bonchev–Trinajstić information content (AvgIpc) is 2.29. The van der Waals surface area contributed by atoms with E-state index in [0.717, 1.165) is 13.1 Å². The molecule has 2 atom stereocenters. The van der Waals surface area contributed by atoms with Crippen LogP contribution in [-0.4, -0.2) is 50.6 Å². The van der Waals surface area contributed by atoms with Crippen LogP contribution < -0.4 is 21.3 Å². The third-order valence-electron chi connectivity index (χ3n) is 2.36. The van der Waals surface area contributed by atoms with E-state index in [1.165, 1.54) is 0 Å². The molecule has 6 nitrogen and oxygen atoms in total. The van der Waals surface area contributed by atoms with Gasteiger partial charge >= 0.3 is 0 Å². The Kier molecular flexibility index (Phi) is 4.51. The highest BCUT2D eigenvalue weighted by atomic mass is 16.2. The van der Waals surface area contributed by atoms with Crippen molar-refractivity contribution in [2.75, 3.05) is 26.7 Å². The van der Waals surface area contributed by atoms with Gasteiger partial charge in [0.1, 0.15) is 6.04 Å². The van der Waals surface area contributed by atoms with Crippen LogP contribution in [0.15, 0.2) is 0 Å². The van der Waals surface area contributed by atoms with E-state index >= 15 is 0 Å². The van der Waals surface area contributed by atoms with E-state index in [2.05, 4.69) is 21.3 Å². The van der Waals surface area contributed by atoms with Gasteiger partial charge in [-0.1, -0.05) is 0 Å². The first-order chi connectivity index (χ1) is 7.15. The van der Waals surface area contributed by atoms with Crippen LogP contribution >= 0.6 is 0 Å². The van der Waals surface area contributed by atoms with Crippen LogP contribution in [0.25, 0.3) is 0 Å². The topological polar surface area (TPSA) is 82.3 Å². The van der Waals surface area contributed by atoms with Crippen molar-refractivity contribution in [2.45, 2.75) is 19.0 Å². The Balaban J connectivity index is 2.36. The molecule has 6 heteroatoms. The van der Waals surface area contributed by atoms with Gasteiger partial charge in [0.2, 0.25) is 11.8 Å². The van der Waals surface area contributed by atoms with E-state index in [1.807, 2.05) is 0 Å². The molecular weight excluding hydrogens is 196 g/mol. The predicted molar refractivity (Wildman–Crippen MR) is 56.3 cm³/mol. The summed E-state index contributed by atoms with van der Waals surface area (Å²) in [7, 11) is 1.55. The first-order valence-electron chi connectivity index (χ1n) is 5.11. The van der Waals surface area contributed by atoms with Gasteiger partial charge in [-0.3, -0.25) is 9.59 Å². The van der Waals surface area contributed by atoms with E-state index in [1.54, 1.807) is 14.0 Å². The quantitative estimate of drug-likeness (QED) is 0.430. The van der Waals surface area contributed by atoms with Crippen molar-refractivity contribution in [3.05, 3.63) is 0 Å². The summed E-state index contributed by atoms with van der Waals surface area (Å²) in [6.45, 7) is 3.90. The third kappa shape index (κ3) is 3.49. The molecule has 1 aliphatic rings. The molecule has 15 heavy (non-hydrogen) atoms. The van der Waals surface area contributed by atoms with E-state index in [-0.39, 0.29) is 17.9 Å². The zero-order chi connectivity index (χ0) is 11.3. The number of nitrogens with one attached hydrogen (secondary N) is 4. The molecule has 86 valence electrons. The molecule has 0 spiro atoms. The van der Waals surface area contributed by atoms with Gasteiger partial charge < -0.3 is 21.3 Å². The van der Waals surface area contributed by atoms with E-state index in [4.69, 9.17) is 0 Å². The van der Waals surface area contributed by atoms with E-state index < -0.39 is 6.04 Å². The van der Waals surface area contributed by atoms with Gasteiger partial charge in [-0.05, 0) is 6.92 Å². The number of rotatable bonds is 3. The Morgan fingerprint density at radius 2 is 2.13 bits per heavy atom. The Bertz CT molecular complexity index is 238. The van der Waals surface area contributed by atoms with Crippen molar-refractivity contribution in [3.8, 4) is 0 Å². The number of hydrogen-bond acceptors (Lipinski definition) is 4. The molecule has 0 aromatic heterocycles. The molecule has 0 saturated carbocycles. The number of hydrogen-bond donors (Lipinski definition) is 4. The van der Waals surface area contributed by atoms with Gasteiger partial charge in [-0.2, -0.15) is 0 Å². The Morgan fingerprint density at radius 1 is 1.40 bits per heavy atom. The van der Waals surface area contributed by atoms with Crippen molar-refractivity contribution in [1.29, 1.82) is 0 Å². The molecule has 2 amide bonds. The molecular formula is C9H18N4O2. The van der Waals surface area contributed by atoms with Gasteiger partial charge in [0.25, 0.3) is 0 Å². The van der Waals surface area contributed by atoms with E-state index in [0.29, 0.717) is 6.54 Å². The molecule has 0 bridgehead atoms. The Labute approximate surface area is 89.2 Å². The molecule has 0 aromatic carbocycles. The lowest BCUT2D eigenvalue weighted by Gasteiger charge is -2.24. The standard InChI is InChI=1S/C9H18N4O2/c1-6(8(14)10-2)13-9(15)7-5-11-3-4-12-7/h6-7,11-12H,3-5H2,1-2H3,(H,10,14)(H,13,15)/t6-,7?/m1/s1. The van der Waals surface area contributed by atoms with Gasteiger partial charge in [-0.25, -0.2) is 0 Å².